The lowest BCUT2D eigenvalue weighted by atomic mass is 10.0. The van der Waals surface area contributed by atoms with Gasteiger partial charge in [-0.3, -0.25) is 0 Å². The molecule has 3 rings (SSSR count). The van der Waals surface area contributed by atoms with Gasteiger partial charge in [-0.15, -0.1) is 11.6 Å². The maximum atomic E-state index is 6.40. The Kier molecular flexibility index (Phi) is 4.32. The van der Waals surface area contributed by atoms with Crippen LogP contribution in [0.4, 0.5) is 0 Å². The van der Waals surface area contributed by atoms with Crippen molar-refractivity contribution in [2.24, 2.45) is 4.99 Å². The van der Waals surface area contributed by atoms with E-state index in [1.807, 2.05) is 24.3 Å². The van der Waals surface area contributed by atoms with Crippen LogP contribution >= 0.6 is 27.5 Å². The summed E-state index contributed by atoms with van der Waals surface area (Å²) in [6, 6.07) is 16.2. The van der Waals surface area contributed by atoms with Gasteiger partial charge in [0.2, 0.25) is 5.90 Å². The van der Waals surface area contributed by atoms with Crippen molar-refractivity contribution in [2.75, 3.05) is 6.54 Å². The van der Waals surface area contributed by atoms with Crippen LogP contribution in [0.5, 0.6) is 0 Å². The quantitative estimate of drug-likeness (QED) is 0.696. The molecule has 1 aliphatic rings. The molecule has 2 aromatic rings. The lowest BCUT2D eigenvalue weighted by Crippen LogP contribution is -2.28. The number of halogens is 2. The van der Waals surface area contributed by atoms with E-state index in [1.165, 1.54) is 5.56 Å². The van der Waals surface area contributed by atoms with Crippen LogP contribution in [0, 0.1) is 6.92 Å². The molecule has 0 saturated heterocycles. The van der Waals surface area contributed by atoms with E-state index in [0.29, 0.717) is 12.4 Å². The third-order valence-electron chi connectivity index (χ3n) is 3.47. The van der Waals surface area contributed by atoms with Gasteiger partial charge in [-0.05, 0) is 36.8 Å². The molecule has 0 bridgehead atoms. The number of alkyl halides is 1. The number of aliphatic imine (C=N–C) groups is 1. The van der Waals surface area contributed by atoms with E-state index in [4.69, 9.17) is 16.3 Å². The summed E-state index contributed by atoms with van der Waals surface area (Å²) < 4.78 is 7.09. The summed E-state index contributed by atoms with van der Waals surface area (Å²) in [6.07, 6.45) is -0.164. The van der Waals surface area contributed by atoms with Crippen LogP contribution in [0.15, 0.2) is 58.0 Å². The van der Waals surface area contributed by atoms with Crippen molar-refractivity contribution in [1.82, 2.24) is 0 Å². The molecule has 2 nitrogen and oxygen atoms in total. The Labute approximate surface area is 137 Å². The van der Waals surface area contributed by atoms with Crippen molar-refractivity contribution >= 4 is 33.4 Å². The lowest BCUT2D eigenvalue weighted by molar-refractivity contribution is 0.174. The third kappa shape index (κ3) is 3.30. The van der Waals surface area contributed by atoms with Gasteiger partial charge in [0.25, 0.3) is 0 Å². The van der Waals surface area contributed by atoms with Gasteiger partial charge in [-0.1, -0.05) is 45.8 Å². The number of hydrogen-bond acceptors (Lipinski definition) is 2. The van der Waals surface area contributed by atoms with Gasteiger partial charge in [0, 0.05) is 10.0 Å². The average molecular weight is 365 g/mol. The van der Waals surface area contributed by atoms with Crippen molar-refractivity contribution in [3.05, 3.63) is 69.7 Å². The SMILES string of the molecule is Cc1ccc([C@@H]2OC(c3ccc(Br)cc3)=NC[C@@H]2Cl)cc1. The highest BCUT2D eigenvalue weighted by Crippen LogP contribution is 2.30. The second-order valence-electron chi connectivity index (χ2n) is 5.12. The number of rotatable bonds is 2. The zero-order valence-electron chi connectivity index (χ0n) is 11.6. The Balaban J connectivity index is 1.86. The largest absolute Gasteiger partial charge is 0.468 e. The highest BCUT2D eigenvalue weighted by atomic mass is 79.9. The molecular weight excluding hydrogens is 350 g/mol. The van der Waals surface area contributed by atoms with Crippen molar-refractivity contribution in [3.63, 3.8) is 0 Å². The molecule has 0 amide bonds. The summed E-state index contributed by atoms with van der Waals surface area (Å²) in [6.45, 7) is 2.63. The minimum absolute atomic E-state index is 0.146. The summed E-state index contributed by atoms with van der Waals surface area (Å²) >= 11 is 9.83. The molecule has 108 valence electrons. The highest BCUT2D eigenvalue weighted by Gasteiger charge is 2.28. The number of aryl methyl sites for hydroxylation is 1. The molecule has 1 aliphatic heterocycles. The van der Waals surface area contributed by atoms with Crippen molar-refractivity contribution in [2.45, 2.75) is 18.4 Å². The molecule has 2 aromatic carbocycles. The summed E-state index contributed by atoms with van der Waals surface area (Å²) in [7, 11) is 0. The zero-order chi connectivity index (χ0) is 14.8. The molecule has 1 heterocycles. The molecular formula is C17H15BrClNO. The zero-order valence-corrected chi connectivity index (χ0v) is 13.9. The van der Waals surface area contributed by atoms with Crippen LogP contribution in [0.1, 0.15) is 22.8 Å². The predicted molar refractivity (Wildman–Crippen MR) is 90.2 cm³/mol. The van der Waals surface area contributed by atoms with Gasteiger partial charge >= 0.3 is 0 Å². The second-order valence-corrected chi connectivity index (χ2v) is 6.59. The smallest absolute Gasteiger partial charge is 0.216 e. The molecule has 4 heteroatoms. The number of ether oxygens (including phenoxy) is 1. The standard InChI is InChI=1S/C17H15BrClNO/c1-11-2-4-12(5-3-11)16-15(19)10-20-17(21-16)13-6-8-14(18)9-7-13/h2-9,15-16H,10H2,1H3/t15-,16-/m0/s1. The maximum absolute atomic E-state index is 6.40. The Bertz CT molecular complexity index is 651. The van der Waals surface area contributed by atoms with Gasteiger partial charge in [0.1, 0.15) is 6.10 Å². The number of benzene rings is 2. The summed E-state index contributed by atoms with van der Waals surface area (Å²) in [4.78, 5) is 4.45. The molecule has 0 spiro atoms. The van der Waals surface area contributed by atoms with Crippen molar-refractivity contribution in [3.8, 4) is 0 Å². The Morgan fingerprint density at radius 3 is 2.43 bits per heavy atom. The number of nitrogens with zero attached hydrogens (tertiary/aromatic N) is 1. The van der Waals surface area contributed by atoms with Gasteiger partial charge in [0.05, 0.1) is 11.9 Å². The van der Waals surface area contributed by atoms with Crippen LogP contribution in [0.25, 0.3) is 0 Å². The topological polar surface area (TPSA) is 21.6 Å². The lowest BCUT2D eigenvalue weighted by Gasteiger charge is -2.28. The monoisotopic (exact) mass is 363 g/mol. The Morgan fingerprint density at radius 1 is 1.10 bits per heavy atom. The van der Waals surface area contributed by atoms with Gasteiger partial charge in [-0.2, -0.15) is 0 Å². The van der Waals surface area contributed by atoms with Crippen LogP contribution in [-0.4, -0.2) is 17.8 Å². The Hall–Kier alpha value is -1.32. The fraction of sp³-hybridized carbons (Fsp3) is 0.235. The minimum Gasteiger partial charge on any atom is -0.468 e. The molecule has 2 atom stereocenters. The first-order chi connectivity index (χ1) is 10.1. The van der Waals surface area contributed by atoms with Gasteiger partial charge in [-0.25, -0.2) is 4.99 Å². The Morgan fingerprint density at radius 2 is 1.76 bits per heavy atom. The van der Waals surface area contributed by atoms with Crippen molar-refractivity contribution in [1.29, 1.82) is 0 Å². The highest BCUT2D eigenvalue weighted by molar-refractivity contribution is 9.10. The van der Waals surface area contributed by atoms with E-state index in [9.17, 15) is 0 Å². The first kappa shape index (κ1) is 14.6. The van der Waals surface area contributed by atoms with E-state index in [1.54, 1.807) is 0 Å². The second kappa shape index (κ2) is 6.20. The van der Waals surface area contributed by atoms with Crippen LogP contribution in [0.2, 0.25) is 0 Å². The van der Waals surface area contributed by atoms with E-state index >= 15 is 0 Å². The summed E-state index contributed by atoms with van der Waals surface area (Å²) in [5, 5.41) is -0.146. The number of hydrogen-bond donors (Lipinski definition) is 0. The van der Waals surface area contributed by atoms with Crippen LogP contribution < -0.4 is 0 Å². The average Bonchev–Trinajstić information content (AvgIpc) is 2.50. The maximum Gasteiger partial charge on any atom is 0.216 e. The predicted octanol–water partition coefficient (Wildman–Crippen LogP) is 4.88. The normalized spacial score (nSPS) is 21.6. The molecule has 0 saturated carbocycles. The van der Waals surface area contributed by atoms with Crippen LogP contribution in [0.3, 0.4) is 0 Å². The van der Waals surface area contributed by atoms with E-state index in [-0.39, 0.29) is 11.5 Å². The summed E-state index contributed by atoms with van der Waals surface area (Å²) in [5.74, 6) is 0.657. The molecule has 0 aliphatic carbocycles. The molecule has 0 N–H and O–H groups in total. The fourth-order valence-corrected chi connectivity index (χ4v) is 2.81. The molecule has 21 heavy (non-hydrogen) atoms. The first-order valence-electron chi connectivity index (χ1n) is 6.81. The van der Waals surface area contributed by atoms with Crippen molar-refractivity contribution < 1.29 is 4.74 Å². The summed E-state index contributed by atoms with van der Waals surface area (Å²) in [5.41, 5.74) is 3.28. The van der Waals surface area contributed by atoms with E-state index < -0.39 is 0 Å². The van der Waals surface area contributed by atoms with E-state index in [0.717, 1.165) is 15.6 Å². The molecule has 0 unspecified atom stereocenters. The van der Waals surface area contributed by atoms with Gasteiger partial charge in [0.15, 0.2) is 0 Å². The minimum atomic E-state index is -0.164. The first-order valence-corrected chi connectivity index (χ1v) is 8.04. The molecule has 0 fully saturated rings. The van der Waals surface area contributed by atoms with Crippen LogP contribution in [-0.2, 0) is 4.74 Å². The van der Waals surface area contributed by atoms with E-state index in [2.05, 4.69) is 52.1 Å². The third-order valence-corrected chi connectivity index (χ3v) is 4.37. The van der Waals surface area contributed by atoms with Gasteiger partial charge < -0.3 is 4.74 Å². The molecule has 0 aromatic heterocycles. The fourth-order valence-electron chi connectivity index (χ4n) is 2.28. The molecule has 0 radical (unpaired) electrons.